The van der Waals surface area contributed by atoms with Gasteiger partial charge in [0.15, 0.2) is 0 Å². The molecule has 1 saturated carbocycles. The monoisotopic (exact) mass is 477 g/mol. The van der Waals surface area contributed by atoms with Crippen LogP contribution in [-0.2, 0) is 17.8 Å². The Balaban J connectivity index is 1.44. The maximum absolute atomic E-state index is 13.3. The van der Waals surface area contributed by atoms with Gasteiger partial charge < -0.3 is 5.32 Å². The van der Waals surface area contributed by atoms with E-state index in [0.29, 0.717) is 41.4 Å². The van der Waals surface area contributed by atoms with Crippen molar-refractivity contribution in [2.75, 3.05) is 0 Å². The van der Waals surface area contributed by atoms with Gasteiger partial charge in [-0.3, -0.25) is 18.6 Å². The largest absolute Gasteiger partial charge is 0.353 e. The molecule has 1 amide bonds. The minimum atomic E-state index is -0.124. The Morgan fingerprint density at radius 1 is 1.06 bits per heavy atom. The van der Waals surface area contributed by atoms with Crippen molar-refractivity contribution >= 4 is 34.2 Å². The number of nitrogens with zero attached hydrogens (tertiary/aromatic N) is 4. The minimum absolute atomic E-state index is 0.0371. The summed E-state index contributed by atoms with van der Waals surface area (Å²) in [4.78, 5) is 26.0. The van der Waals surface area contributed by atoms with Gasteiger partial charge in [0.1, 0.15) is 5.82 Å². The average molecular weight is 478 g/mol. The fourth-order valence-corrected chi connectivity index (χ4v) is 4.95. The standard InChI is InChI=1S/C26H28ClN5O2/c1-17-6-12-20(13-7-17)28-24(33)15-14-23-29-30-26-31(16-18-8-10-19(27)11-9-18)25(34)21-4-2-3-5-22(21)32(23)26/h2-5,8-11,17,20H,6-7,12-16H2,1H3,(H,28,33). The van der Waals surface area contributed by atoms with Crippen molar-refractivity contribution in [3.63, 3.8) is 0 Å². The lowest BCUT2D eigenvalue weighted by Crippen LogP contribution is -2.37. The van der Waals surface area contributed by atoms with Gasteiger partial charge in [-0.1, -0.05) is 42.8 Å². The Morgan fingerprint density at radius 3 is 2.56 bits per heavy atom. The molecule has 34 heavy (non-hydrogen) atoms. The molecule has 0 radical (unpaired) electrons. The maximum atomic E-state index is 13.3. The van der Waals surface area contributed by atoms with Crippen LogP contribution >= 0.6 is 11.6 Å². The molecule has 0 aliphatic heterocycles. The summed E-state index contributed by atoms with van der Waals surface area (Å²) in [5, 5.41) is 13.2. The zero-order valence-corrected chi connectivity index (χ0v) is 20.0. The van der Waals surface area contributed by atoms with Crippen LogP contribution < -0.4 is 10.9 Å². The molecule has 0 atom stereocenters. The summed E-state index contributed by atoms with van der Waals surface area (Å²) < 4.78 is 3.54. The van der Waals surface area contributed by atoms with Crippen LogP contribution in [0.4, 0.5) is 0 Å². The van der Waals surface area contributed by atoms with Crippen LogP contribution in [0.25, 0.3) is 16.7 Å². The summed E-state index contributed by atoms with van der Waals surface area (Å²) in [7, 11) is 0. The number of para-hydroxylation sites is 1. The fourth-order valence-electron chi connectivity index (χ4n) is 4.82. The molecular formula is C26H28ClN5O2. The summed E-state index contributed by atoms with van der Waals surface area (Å²) >= 11 is 6.02. The third kappa shape index (κ3) is 4.57. The topological polar surface area (TPSA) is 81.3 Å². The number of aryl methyl sites for hydroxylation is 1. The smallest absolute Gasteiger partial charge is 0.263 e. The van der Waals surface area contributed by atoms with E-state index in [1.807, 2.05) is 40.8 Å². The molecule has 2 aromatic heterocycles. The normalized spacial score (nSPS) is 18.4. The Labute approximate surface area is 202 Å². The van der Waals surface area contributed by atoms with Crippen molar-refractivity contribution in [1.82, 2.24) is 24.5 Å². The zero-order valence-electron chi connectivity index (χ0n) is 19.2. The number of fused-ring (bicyclic) bond motifs is 3. The van der Waals surface area contributed by atoms with Crippen molar-refractivity contribution in [3.05, 3.63) is 75.3 Å². The van der Waals surface area contributed by atoms with Crippen LogP contribution in [0, 0.1) is 5.92 Å². The van der Waals surface area contributed by atoms with Gasteiger partial charge >= 0.3 is 0 Å². The van der Waals surface area contributed by atoms with E-state index in [9.17, 15) is 9.59 Å². The first-order chi connectivity index (χ1) is 16.5. The van der Waals surface area contributed by atoms with Gasteiger partial charge in [0, 0.05) is 23.9 Å². The van der Waals surface area contributed by atoms with Crippen LogP contribution in [0.2, 0.25) is 5.02 Å². The van der Waals surface area contributed by atoms with E-state index >= 15 is 0 Å². The van der Waals surface area contributed by atoms with Gasteiger partial charge in [-0.2, -0.15) is 0 Å². The van der Waals surface area contributed by atoms with E-state index in [2.05, 4.69) is 22.4 Å². The second-order valence-corrected chi connectivity index (χ2v) is 9.75. The molecule has 4 aromatic rings. The molecule has 0 saturated heterocycles. The second-order valence-electron chi connectivity index (χ2n) is 9.31. The van der Waals surface area contributed by atoms with Crippen LogP contribution in [0.15, 0.2) is 53.3 Å². The van der Waals surface area contributed by atoms with Crippen LogP contribution in [0.1, 0.15) is 50.4 Å². The molecule has 0 spiro atoms. The molecule has 7 nitrogen and oxygen atoms in total. The van der Waals surface area contributed by atoms with Gasteiger partial charge in [0.25, 0.3) is 5.56 Å². The molecule has 1 N–H and O–H groups in total. The Kier molecular flexibility index (Phi) is 6.37. The van der Waals surface area contributed by atoms with Crippen molar-refractivity contribution in [2.45, 2.75) is 58.0 Å². The number of hydrogen-bond donors (Lipinski definition) is 1. The van der Waals surface area contributed by atoms with Crippen molar-refractivity contribution in [2.24, 2.45) is 5.92 Å². The van der Waals surface area contributed by atoms with E-state index in [1.165, 1.54) is 0 Å². The number of carbonyl (C=O) groups is 1. The van der Waals surface area contributed by atoms with Gasteiger partial charge in [-0.15, -0.1) is 10.2 Å². The summed E-state index contributed by atoms with van der Waals surface area (Å²) in [6.07, 6.45) is 5.19. The molecule has 0 bridgehead atoms. The summed E-state index contributed by atoms with van der Waals surface area (Å²) in [5.41, 5.74) is 1.56. The molecule has 5 rings (SSSR count). The number of hydrogen-bond acceptors (Lipinski definition) is 4. The molecule has 1 aliphatic rings. The number of nitrogens with one attached hydrogen (secondary N) is 1. The quantitative estimate of drug-likeness (QED) is 0.447. The number of halogens is 1. The summed E-state index contributed by atoms with van der Waals surface area (Å²) in [5.74, 6) is 1.92. The SMILES string of the molecule is CC1CCC(NC(=O)CCc2nnc3n(Cc4ccc(Cl)cc4)c(=O)c4ccccc4n23)CC1. The molecule has 1 aliphatic carbocycles. The molecule has 1 fully saturated rings. The third-order valence-corrected chi connectivity index (χ3v) is 7.04. The van der Waals surface area contributed by atoms with Crippen LogP contribution in [0.5, 0.6) is 0 Å². The van der Waals surface area contributed by atoms with Crippen molar-refractivity contribution < 1.29 is 4.79 Å². The van der Waals surface area contributed by atoms with E-state index < -0.39 is 0 Å². The molecule has 2 heterocycles. The van der Waals surface area contributed by atoms with Crippen LogP contribution in [-0.4, -0.2) is 31.1 Å². The summed E-state index contributed by atoms with van der Waals surface area (Å²) in [6, 6.07) is 15.1. The third-order valence-electron chi connectivity index (χ3n) is 6.79. The molecule has 8 heteroatoms. The first-order valence-corrected chi connectivity index (χ1v) is 12.3. The van der Waals surface area contributed by atoms with E-state index in [1.54, 1.807) is 16.7 Å². The lowest BCUT2D eigenvalue weighted by Gasteiger charge is -2.26. The van der Waals surface area contributed by atoms with Crippen molar-refractivity contribution in [3.8, 4) is 0 Å². The lowest BCUT2D eigenvalue weighted by molar-refractivity contribution is -0.122. The van der Waals surface area contributed by atoms with E-state index in [0.717, 1.165) is 42.7 Å². The molecule has 176 valence electrons. The number of rotatable bonds is 6. The number of carbonyl (C=O) groups excluding carboxylic acids is 1. The lowest BCUT2D eigenvalue weighted by atomic mass is 9.87. The minimum Gasteiger partial charge on any atom is -0.353 e. The molecular weight excluding hydrogens is 450 g/mol. The number of aromatic nitrogens is 4. The van der Waals surface area contributed by atoms with E-state index in [4.69, 9.17) is 11.6 Å². The first-order valence-electron chi connectivity index (χ1n) is 11.9. The summed E-state index contributed by atoms with van der Waals surface area (Å²) in [6.45, 7) is 2.62. The van der Waals surface area contributed by atoms with Gasteiger partial charge in [0.05, 0.1) is 17.4 Å². The Morgan fingerprint density at radius 2 is 1.79 bits per heavy atom. The first kappa shape index (κ1) is 22.6. The number of benzene rings is 2. The second kappa shape index (κ2) is 9.58. The highest BCUT2D eigenvalue weighted by Gasteiger charge is 2.21. The highest BCUT2D eigenvalue weighted by Crippen LogP contribution is 2.23. The predicted octanol–water partition coefficient (Wildman–Crippen LogP) is 4.37. The highest BCUT2D eigenvalue weighted by molar-refractivity contribution is 6.30. The molecule has 2 aromatic carbocycles. The Hall–Kier alpha value is -3.19. The average Bonchev–Trinajstić information content (AvgIpc) is 3.27. The van der Waals surface area contributed by atoms with Gasteiger partial charge in [-0.25, -0.2) is 0 Å². The fraction of sp³-hybridized carbons (Fsp3) is 0.385. The van der Waals surface area contributed by atoms with Gasteiger partial charge in [-0.05, 0) is 61.4 Å². The molecule has 0 unspecified atom stereocenters. The highest BCUT2D eigenvalue weighted by atomic mass is 35.5. The van der Waals surface area contributed by atoms with Crippen molar-refractivity contribution in [1.29, 1.82) is 0 Å². The van der Waals surface area contributed by atoms with E-state index in [-0.39, 0.29) is 17.5 Å². The van der Waals surface area contributed by atoms with Crippen LogP contribution in [0.3, 0.4) is 0 Å². The van der Waals surface area contributed by atoms with Gasteiger partial charge in [0.2, 0.25) is 11.7 Å². The maximum Gasteiger partial charge on any atom is 0.263 e. The predicted molar refractivity (Wildman–Crippen MR) is 133 cm³/mol. The number of amides is 1. The zero-order chi connectivity index (χ0) is 23.7. The Bertz CT molecular complexity index is 1380.